The van der Waals surface area contributed by atoms with Crippen molar-refractivity contribution in [3.05, 3.63) is 235 Å². The molecular formula is C61H43N3S. The maximum absolute atomic E-state index is 2.44. The van der Waals surface area contributed by atoms with Gasteiger partial charge in [0.15, 0.2) is 0 Å². The second-order valence-electron chi connectivity index (χ2n) is 17.8. The van der Waals surface area contributed by atoms with E-state index in [0.29, 0.717) is 0 Å². The topological polar surface area (TPSA) is 9.72 Å². The van der Waals surface area contributed by atoms with Gasteiger partial charge in [0.1, 0.15) is 0 Å². The summed E-state index contributed by atoms with van der Waals surface area (Å²) in [5.41, 5.74) is 18.2. The number of anilines is 9. The minimum atomic E-state index is -0.152. The molecule has 308 valence electrons. The molecule has 3 nitrogen and oxygen atoms in total. The molecule has 3 aliphatic rings. The van der Waals surface area contributed by atoms with Crippen LogP contribution in [0.25, 0.3) is 44.8 Å². The van der Waals surface area contributed by atoms with Crippen molar-refractivity contribution in [2.24, 2.45) is 0 Å². The molecule has 0 amide bonds. The van der Waals surface area contributed by atoms with Crippen molar-refractivity contribution < 1.29 is 0 Å². The maximum Gasteiger partial charge on any atom is 0.0703 e. The molecule has 13 rings (SSSR count). The lowest BCUT2D eigenvalue weighted by Crippen LogP contribution is -2.23. The van der Waals surface area contributed by atoms with Crippen LogP contribution in [0.5, 0.6) is 0 Å². The molecular weight excluding hydrogens is 807 g/mol. The minimum Gasteiger partial charge on any atom is -0.308 e. The van der Waals surface area contributed by atoms with Crippen molar-refractivity contribution in [2.75, 3.05) is 14.7 Å². The summed E-state index contributed by atoms with van der Waals surface area (Å²) in [4.78, 5) is 9.77. The second kappa shape index (κ2) is 14.6. The summed E-state index contributed by atoms with van der Waals surface area (Å²) in [6.07, 6.45) is 4.53. The lowest BCUT2D eigenvalue weighted by atomic mass is 9.81. The van der Waals surface area contributed by atoms with E-state index in [4.69, 9.17) is 0 Å². The Morgan fingerprint density at radius 3 is 1.42 bits per heavy atom. The zero-order valence-electron chi connectivity index (χ0n) is 36.1. The highest BCUT2D eigenvalue weighted by atomic mass is 32.2. The smallest absolute Gasteiger partial charge is 0.0703 e. The van der Waals surface area contributed by atoms with Crippen molar-refractivity contribution in [3.8, 4) is 11.1 Å². The molecule has 10 aromatic rings. The molecule has 0 fully saturated rings. The summed E-state index contributed by atoms with van der Waals surface area (Å²) < 4.78 is 0. The van der Waals surface area contributed by atoms with Gasteiger partial charge in [0.25, 0.3) is 0 Å². The predicted molar refractivity (Wildman–Crippen MR) is 276 cm³/mol. The number of fused-ring (bicyclic) bond motifs is 10. The highest BCUT2D eigenvalue weighted by Gasteiger charge is 2.37. The van der Waals surface area contributed by atoms with Crippen molar-refractivity contribution in [1.82, 2.24) is 0 Å². The molecule has 2 aliphatic heterocycles. The molecule has 4 heteroatoms. The van der Waals surface area contributed by atoms with Gasteiger partial charge in [-0.15, -0.1) is 0 Å². The normalized spacial score (nSPS) is 14.2. The van der Waals surface area contributed by atoms with Gasteiger partial charge in [-0.25, -0.2) is 0 Å². The molecule has 0 aromatic heterocycles. The largest absolute Gasteiger partial charge is 0.308 e. The molecule has 0 saturated heterocycles. The van der Waals surface area contributed by atoms with Gasteiger partial charge < -0.3 is 14.7 Å². The summed E-state index contributed by atoms with van der Waals surface area (Å²) in [7, 11) is 0. The lowest BCUT2D eigenvalue weighted by Gasteiger charge is -2.40. The number of rotatable bonds is 5. The summed E-state index contributed by atoms with van der Waals surface area (Å²) in [5.74, 6) is 0. The van der Waals surface area contributed by atoms with Gasteiger partial charge in [0, 0.05) is 32.3 Å². The van der Waals surface area contributed by atoms with E-state index in [-0.39, 0.29) is 5.41 Å². The summed E-state index contributed by atoms with van der Waals surface area (Å²) in [6, 6.07) is 78.0. The lowest BCUT2D eigenvalue weighted by molar-refractivity contribution is 0.660. The van der Waals surface area contributed by atoms with E-state index in [1.54, 1.807) is 0 Å². The number of para-hydroxylation sites is 7. The van der Waals surface area contributed by atoms with E-state index in [0.717, 1.165) is 34.1 Å². The van der Waals surface area contributed by atoms with Gasteiger partial charge in [-0.05, 0) is 146 Å². The molecule has 10 aromatic carbocycles. The quantitative estimate of drug-likeness (QED) is 0.126. The molecule has 1 aliphatic carbocycles. The fourth-order valence-corrected chi connectivity index (χ4v) is 11.6. The highest BCUT2D eigenvalue weighted by Crippen LogP contribution is 2.56. The van der Waals surface area contributed by atoms with E-state index in [9.17, 15) is 0 Å². The molecule has 0 radical (unpaired) electrons. The van der Waals surface area contributed by atoms with Gasteiger partial charge >= 0.3 is 0 Å². The first-order valence-corrected chi connectivity index (χ1v) is 23.2. The van der Waals surface area contributed by atoms with Crippen molar-refractivity contribution in [3.63, 3.8) is 0 Å². The van der Waals surface area contributed by atoms with Gasteiger partial charge in [0.05, 0.1) is 34.1 Å². The summed E-state index contributed by atoms with van der Waals surface area (Å²) in [6.45, 7) is 4.76. The molecule has 0 N–H and O–H groups in total. The van der Waals surface area contributed by atoms with Crippen LogP contribution in [0.4, 0.5) is 51.2 Å². The third kappa shape index (κ3) is 5.98. The van der Waals surface area contributed by atoms with Crippen molar-refractivity contribution >= 4 is 96.6 Å². The zero-order valence-corrected chi connectivity index (χ0v) is 36.9. The number of benzene rings is 10. The van der Waals surface area contributed by atoms with E-state index in [2.05, 4.69) is 253 Å². The highest BCUT2D eigenvalue weighted by molar-refractivity contribution is 7.99. The maximum atomic E-state index is 2.44. The predicted octanol–water partition coefficient (Wildman–Crippen LogP) is 17.7. The SMILES string of the molecule is CC1(C)c2cc(/C=C/c3ccc4c(ccc5cc(N6c7ccccc7N(c7ccccc7)c7ccccc76)ccc54)c3)ccc2-c2ccc(N3c4ccccc4Sc4ccccc43)cc21. The number of hydrogen-bond acceptors (Lipinski definition) is 4. The average molecular weight is 850 g/mol. The third-order valence-electron chi connectivity index (χ3n) is 13.7. The zero-order chi connectivity index (χ0) is 43.2. The number of nitrogens with zero attached hydrogens (tertiary/aromatic N) is 3. The van der Waals surface area contributed by atoms with Gasteiger partial charge in [-0.1, -0.05) is 159 Å². The number of hydrogen-bond donors (Lipinski definition) is 0. The first-order chi connectivity index (χ1) is 32.0. The Kier molecular flexibility index (Phi) is 8.49. The second-order valence-corrected chi connectivity index (χ2v) is 18.9. The van der Waals surface area contributed by atoms with E-state index in [1.807, 2.05) is 11.8 Å². The van der Waals surface area contributed by atoms with Crippen LogP contribution in [0.1, 0.15) is 36.1 Å². The molecule has 65 heavy (non-hydrogen) atoms. The van der Waals surface area contributed by atoms with Crippen LogP contribution in [0.2, 0.25) is 0 Å². The van der Waals surface area contributed by atoms with E-state index < -0.39 is 0 Å². The minimum absolute atomic E-state index is 0.152. The van der Waals surface area contributed by atoms with Crippen LogP contribution in [0.3, 0.4) is 0 Å². The molecule has 0 saturated carbocycles. The summed E-state index contributed by atoms with van der Waals surface area (Å²) >= 11 is 1.85. The van der Waals surface area contributed by atoms with Crippen LogP contribution < -0.4 is 14.7 Å². The van der Waals surface area contributed by atoms with Crippen LogP contribution in [-0.4, -0.2) is 0 Å². The molecule has 2 heterocycles. The Morgan fingerprint density at radius 1 is 0.354 bits per heavy atom. The Hall–Kier alpha value is -7.79. The van der Waals surface area contributed by atoms with Crippen LogP contribution in [-0.2, 0) is 5.41 Å². The van der Waals surface area contributed by atoms with Crippen LogP contribution in [0, 0.1) is 0 Å². The van der Waals surface area contributed by atoms with E-state index in [1.165, 1.54) is 81.8 Å². The Morgan fingerprint density at radius 2 is 0.785 bits per heavy atom. The third-order valence-corrected chi connectivity index (χ3v) is 14.8. The average Bonchev–Trinajstić information content (AvgIpc) is 3.58. The van der Waals surface area contributed by atoms with Crippen molar-refractivity contribution in [2.45, 2.75) is 29.1 Å². The molecule has 0 bridgehead atoms. The van der Waals surface area contributed by atoms with Crippen molar-refractivity contribution in [1.29, 1.82) is 0 Å². The first kappa shape index (κ1) is 37.7. The van der Waals surface area contributed by atoms with Crippen LogP contribution in [0.15, 0.2) is 222 Å². The van der Waals surface area contributed by atoms with Crippen LogP contribution >= 0.6 is 11.8 Å². The fourth-order valence-electron chi connectivity index (χ4n) is 10.6. The fraction of sp³-hybridized carbons (Fsp3) is 0.0492. The van der Waals surface area contributed by atoms with Gasteiger partial charge in [-0.3, -0.25) is 0 Å². The van der Waals surface area contributed by atoms with Gasteiger partial charge in [-0.2, -0.15) is 0 Å². The first-order valence-electron chi connectivity index (χ1n) is 22.4. The van der Waals surface area contributed by atoms with Gasteiger partial charge in [0.2, 0.25) is 0 Å². The standard InChI is InChI=1S/C61H43N3S/c1-61(2)51-37-41(27-33-49(51)50-35-31-46(39-52(50)61)64-57-20-10-12-22-59(57)65-60-23-13-11-21-58(60)64)25-24-40-26-32-47-42(36-40)28-29-43-38-45(30-34-48(43)47)63-55-18-8-6-16-53(55)62(44-14-4-3-5-15-44)54-17-7-9-19-56(54)63/h3-39H,1-2H3/b25-24+. The monoisotopic (exact) mass is 849 g/mol. The Bertz CT molecular complexity index is 3500. The Labute approximate surface area is 384 Å². The van der Waals surface area contributed by atoms with E-state index >= 15 is 0 Å². The summed E-state index contributed by atoms with van der Waals surface area (Å²) in [5, 5.41) is 4.96. The molecule has 0 unspecified atom stereocenters. The molecule has 0 atom stereocenters. The molecule has 0 spiro atoms. The Balaban J connectivity index is 0.796.